The van der Waals surface area contributed by atoms with Crippen LogP contribution < -0.4 is 20.0 Å². The Hall–Kier alpha value is -3.67. The number of imide groups is 1. The molecule has 8 nitrogen and oxygen atoms in total. The molecule has 0 aliphatic carbocycles. The molecule has 3 unspecified atom stereocenters. The van der Waals surface area contributed by atoms with Gasteiger partial charge in [0.2, 0.25) is 17.7 Å². The van der Waals surface area contributed by atoms with E-state index in [9.17, 15) is 19.2 Å². The van der Waals surface area contributed by atoms with Gasteiger partial charge in [-0.3, -0.25) is 23.7 Å². The number of hydrogen-bond donors (Lipinski definition) is 1. The van der Waals surface area contributed by atoms with E-state index in [4.69, 9.17) is 0 Å². The number of aryl methyl sites for hydroxylation is 1. The third-order valence-corrected chi connectivity index (χ3v) is 10.8. The molecule has 214 valence electrons. The number of nitrogens with one attached hydrogen (secondary N) is 1. The monoisotopic (exact) mass is 662 g/mol. The number of aromatic nitrogens is 1. The Morgan fingerprint density at radius 3 is 2.31 bits per heavy atom. The quantitative estimate of drug-likeness (QED) is 0.275. The Morgan fingerprint density at radius 2 is 1.64 bits per heavy atom. The summed E-state index contributed by atoms with van der Waals surface area (Å²) in [6.07, 6.45) is 0. The molecule has 0 bridgehead atoms. The predicted octanol–water partition coefficient (Wildman–Crippen LogP) is 5.48. The zero-order valence-corrected chi connectivity index (χ0v) is 26.3. The molecule has 1 fully saturated rings. The Morgan fingerprint density at radius 1 is 0.952 bits per heavy atom. The lowest BCUT2D eigenvalue weighted by Crippen LogP contribution is -2.33. The van der Waals surface area contributed by atoms with Crippen LogP contribution in [0.1, 0.15) is 21.9 Å². The number of thiazole rings is 1. The van der Waals surface area contributed by atoms with Gasteiger partial charge < -0.3 is 10.2 Å². The normalized spacial score (nSPS) is 19.4. The summed E-state index contributed by atoms with van der Waals surface area (Å²) in [6.45, 7) is 1.70. The Kier molecular flexibility index (Phi) is 7.59. The lowest BCUT2D eigenvalue weighted by Gasteiger charge is -2.31. The highest BCUT2D eigenvalue weighted by Gasteiger charge is 2.56. The number of para-hydroxylation sites is 1. The summed E-state index contributed by atoms with van der Waals surface area (Å²) in [5.41, 5.74) is 3.92. The van der Waals surface area contributed by atoms with Crippen LogP contribution in [0.4, 0.5) is 17.1 Å². The summed E-state index contributed by atoms with van der Waals surface area (Å²) >= 11 is 5.67. The lowest BCUT2D eigenvalue weighted by atomic mass is 9.83. The number of carbonyl (C=O) groups is 3. The van der Waals surface area contributed by atoms with Crippen LogP contribution in [0.5, 0.6) is 0 Å². The summed E-state index contributed by atoms with van der Waals surface area (Å²) in [6, 6.07) is 22.4. The topological polar surface area (TPSA) is 91.7 Å². The van der Waals surface area contributed by atoms with Crippen LogP contribution in [0.3, 0.4) is 0 Å². The maximum atomic E-state index is 14.0. The zero-order valence-electron chi connectivity index (χ0n) is 23.0. The smallest absolute Gasteiger partial charge is 0.308 e. The summed E-state index contributed by atoms with van der Waals surface area (Å²) in [5, 5.41) is 2.71. The third-order valence-electron chi connectivity index (χ3n) is 7.62. The number of amides is 3. The molecule has 2 aliphatic heterocycles. The van der Waals surface area contributed by atoms with E-state index in [1.807, 2.05) is 74.4 Å². The number of hydrogen-bond acceptors (Lipinski definition) is 7. The Labute approximate surface area is 259 Å². The highest BCUT2D eigenvalue weighted by atomic mass is 79.9. The van der Waals surface area contributed by atoms with Crippen molar-refractivity contribution in [3.63, 3.8) is 0 Å². The number of anilines is 3. The number of carbonyl (C=O) groups excluding carboxylic acids is 3. The van der Waals surface area contributed by atoms with Gasteiger partial charge in [0.25, 0.3) is 0 Å². The van der Waals surface area contributed by atoms with Gasteiger partial charge in [0, 0.05) is 40.7 Å². The fraction of sp³-hybridized carbons (Fsp3) is 0.226. The first-order valence-corrected chi connectivity index (χ1v) is 15.8. The van der Waals surface area contributed by atoms with E-state index in [2.05, 4.69) is 21.2 Å². The first-order chi connectivity index (χ1) is 20.1. The van der Waals surface area contributed by atoms with E-state index in [0.717, 1.165) is 32.6 Å². The van der Waals surface area contributed by atoms with Gasteiger partial charge in [-0.1, -0.05) is 69.4 Å². The highest BCUT2D eigenvalue weighted by Crippen LogP contribution is 2.54. The van der Waals surface area contributed by atoms with Crippen molar-refractivity contribution in [3.05, 3.63) is 103 Å². The van der Waals surface area contributed by atoms with Gasteiger partial charge >= 0.3 is 4.87 Å². The van der Waals surface area contributed by atoms with Gasteiger partial charge in [0.1, 0.15) is 11.8 Å². The molecule has 1 N–H and O–H groups in total. The molecule has 3 heterocycles. The molecule has 11 heteroatoms. The Bertz CT molecular complexity index is 1760. The minimum atomic E-state index is -0.744. The molecule has 1 saturated heterocycles. The van der Waals surface area contributed by atoms with Gasteiger partial charge in [-0.2, -0.15) is 0 Å². The lowest BCUT2D eigenvalue weighted by molar-refractivity contribution is -0.122. The second-order valence-electron chi connectivity index (χ2n) is 10.5. The zero-order chi connectivity index (χ0) is 29.7. The summed E-state index contributed by atoms with van der Waals surface area (Å²) < 4.78 is 2.28. The maximum absolute atomic E-state index is 14.0. The van der Waals surface area contributed by atoms with Crippen LogP contribution in [0, 0.1) is 12.8 Å². The van der Waals surface area contributed by atoms with Crippen molar-refractivity contribution in [1.29, 1.82) is 0 Å². The average Bonchev–Trinajstić information content (AvgIpc) is 3.41. The van der Waals surface area contributed by atoms with Crippen LogP contribution in [-0.4, -0.2) is 41.6 Å². The second-order valence-corrected chi connectivity index (χ2v) is 13.5. The largest absolute Gasteiger partial charge is 0.378 e. The van der Waals surface area contributed by atoms with E-state index in [1.54, 1.807) is 24.3 Å². The van der Waals surface area contributed by atoms with E-state index >= 15 is 0 Å². The van der Waals surface area contributed by atoms with Crippen molar-refractivity contribution in [1.82, 2.24) is 4.57 Å². The highest BCUT2D eigenvalue weighted by molar-refractivity contribution is 9.10. The second kappa shape index (κ2) is 11.2. The van der Waals surface area contributed by atoms with Crippen molar-refractivity contribution in [2.75, 3.05) is 29.2 Å². The maximum Gasteiger partial charge on any atom is 0.308 e. The molecule has 6 rings (SSSR count). The van der Waals surface area contributed by atoms with Crippen LogP contribution in [0.2, 0.25) is 0 Å². The molecular weight excluding hydrogens is 636 g/mol. The number of thioether (sulfide) groups is 1. The first kappa shape index (κ1) is 28.4. The predicted molar refractivity (Wildman–Crippen MR) is 171 cm³/mol. The van der Waals surface area contributed by atoms with Crippen molar-refractivity contribution in [2.24, 2.45) is 5.92 Å². The van der Waals surface area contributed by atoms with Crippen LogP contribution >= 0.6 is 39.0 Å². The van der Waals surface area contributed by atoms with E-state index in [1.165, 1.54) is 21.2 Å². The van der Waals surface area contributed by atoms with Gasteiger partial charge in [-0.05, 0) is 60.5 Å². The van der Waals surface area contributed by atoms with Crippen molar-refractivity contribution < 1.29 is 14.4 Å². The number of nitrogens with zero attached hydrogens (tertiary/aromatic N) is 3. The summed E-state index contributed by atoms with van der Waals surface area (Å²) in [7, 11) is 3.90. The number of fused-ring (bicyclic) bond motifs is 2. The van der Waals surface area contributed by atoms with Crippen LogP contribution in [0.15, 0.2) is 87.1 Å². The van der Waals surface area contributed by atoms with Crippen molar-refractivity contribution in [2.45, 2.75) is 29.7 Å². The molecule has 3 aromatic carbocycles. The van der Waals surface area contributed by atoms with Gasteiger partial charge in [-0.25, -0.2) is 4.90 Å². The molecule has 0 spiro atoms. The molecule has 42 heavy (non-hydrogen) atoms. The molecule has 2 aliphatic rings. The average molecular weight is 664 g/mol. The SMILES string of the molecule is Cc1ccccc1NC(=O)Cn1c2c(sc1=O)C(c1ccc(N(C)C)cc1)C1C(=O)N(c3ccc(Br)cc3)C(=O)C1S2. The van der Waals surface area contributed by atoms with Crippen molar-refractivity contribution in [3.8, 4) is 0 Å². The molecule has 4 aromatic rings. The molecule has 3 atom stereocenters. The van der Waals surface area contributed by atoms with Crippen LogP contribution in [0.25, 0.3) is 0 Å². The van der Waals surface area contributed by atoms with Crippen LogP contribution in [-0.2, 0) is 20.9 Å². The van der Waals surface area contributed by atoms with Gasteiger partial charge in [0.15, 0.2) is 0 Å². The molecule has 0 saturated carbocycles. The first-order valence-electron chi connectivity index (χ1n) is 13.3. The fourth-order valence-electron chi connectivity index (χ4n) is 5.49. The minimum Gasteiger partial charge on any atom is -0.378 e. The van der Waals surface area contributed by atoms with Gasteiger partial charge in [-0.15, -0.1) is 0 Å². The Balaban J connectivity index is 1.42. The number of benzene rings is 3. The molecular formula is C31H27BrN4O4S2. The fourth-order valence-corrected chi connectivity index (χ4v) is 8.52. The van der Waals surface area contributed by atoms with Crippen molar-refractivity contribution >= 4 is 73.8 Å². The number of rotatable bonds is 6. The van der Waals surface area contributed by atoms with Gasteiger partial charge in [0.05, 0.1) is 16.6 Å². The standard InChI is InChI=1S/C31H27BrN4O4S2/c1-17-6-4-5-7-22(17)33-23(37)16-35-30-27(42-31(35)40)24(18-8-12-20(13-9-18)34(2)3)25-26(41-30)29(39)36(28(25)38)21-14-10-19(32)11-15-21/h4-15,24-26H,16H2,1-3H3,(H,33,37). The molecule has 1 aromatic heterocycles. The third kappa shape index (κ3) is 4.99. The summed E-state index contributed by atoms with van der Waals surface area (Å²) in [5.74, 6) is -2.18. The van der Waals surface area contributed by atoms with E-state index in [-0.39, 0.29) is 29.1 Å². The van der Waals surface area contributed by atoms with E-state index in [0.29, 0.717) is 21.3 Å². The summed E-state index contributed by atoms with van der Waals surface area (Å²) in [4.78, 5) is 58.1. The number of halogens is 1. The molecule has 3 amide bonds. The molecule has 0 radical (unpaired) electrons. The van der Waals surface area contributed by atoms with E-state index < -0.39 is 17.1 Å². The minimum absolute atomic E-state index is 0.200.